The number of aliphatic carboxylic acids is 1. The van der Waals surface area contributed by atoms with Crippen LogP contribution in [0.15, 0.2) is 36.4 Å². The van der Waals surface area contributed by atoms with E-state index in [-0.39, 0.29) is 12.3 Å². The quantitative estimate of drug-likeness (QED) is 0.788. The third kappa shape index (κ3) is 4.59. The second-order valence-corrected chi connectivity index (χ2v) is 6.29. The second kappa shape index (κ2) is 7.83. The van der Waals surface area contributed by atoms with Crippen LogP contribution >= 0.6 is 0 Å². The van der Waals surface area contributed by atoms with Gasteiger partial charge in [0.05, 0.1) is 0 Å². The molecule has 2 aromatic carbocycles. The second-order valence-electron chi connectivity index (χ2n) is 6.29. The average Bonchev–Trinajstić information content (AvgIpc) is 2.57. The summed E-state index contributed by atoms with van der Waals surface area (Å²) < 4.78 is 0. The molecule has 132 valence electrons. The monoisotopic (exact) mass is 340 g/mol. The molecule has 5 nitrogen and oxygen atoms in total. The molecule has 25 heavy (non-hydrogen) atoms. The van der Waals surface area contributed by atoms with Crippen molar-refractivity contribution in [1.82, 2.24) is 0 Å². The van der Waals surface area contributed by atoms with E-state index < -0.39 is 5.97 Å². The zero-order valence-electron chi connectivity index (χ0n) is 14.9. The van der Waals surface area contributed by atoms with E-state index in [9.17, 15) is 9.59 Å². The molecule has 0 fully saturated rings. The number of hydrogen-bond acceptors (Lipinski definition) is 3. The molecule has 5 heteroatoms. The zero-order valence-corrected chi connectivity index (χ0v) is 14.9. The molecule has 2 aromatic rings. The normalized spacial score (nSPS) is 10.5. The number of carboxylic acids is 1. The summed E-state index contributed by atoms with van der Waals surface area (Å²) in [6.07, 6.45) is 1.47. The minimum atomic E-state index is -0.783. The summed E-state index contributed by atoms with van der Waals surface area (Å²) in [5.41, 5.74) is 10.8. The average molecular weight is 340 g/mol. The Morgan fingerprint density at radius 1 is 1.12 bits per heavy atom. The van der Waals surface area contributed by atoms with Gasteiger partial charge in [-0.25, -0.2) is 0 Å². The number of carboxylic acid groups (broad SMARTS) is 1. The van der Waals surface area contributed by atoms with Gasteiger partial charge in [0.2, 0.25) is 0 Å². The first-order valence-electron chi connectivity index (χ1n) is 8.25. The highest BCUT2D eigenvalue weighted by Gasteiger charge is 2.17. The Kier molecular flexibility index (Phi) is 5.80. The number of anilines is 2. The molecular formula is C20H24N2O3. The number of nitrogen functional groups attached to an aromatic ring is 1. The van der Waals surface area contributed by atoms with E-state index in [1.165, 1.54) is 0 Å². The minimum absolute atomic E-state index is 0.105. The van der Waals surface area contributed by atoms with Crippen LogP contribution in [0.4, 0.5) is 11.4 Å². The molecular weight excluding hydrogens is 316 g/mol. The number of nitrogens with zero attached hydrogens (tertiary/aromatic N) is 1. The number of carbonyl (C=O) groups excluding carboxylic acids is 1. The Labute approximate surface area is 148 Å². The summed E-state index contributed by atoms with van der Waals surface area (Å²) in [6, 6.07) is 11.2. The SMILES string of the molecule is Cc1cc(N)cc(C(=O)N(C)c2ccc(CCCC(=O)O)cc2)c1C. The zero-order chi connectivity index (χ0) is 18.6. The summed E-state index contributed by atoms with van der Waals surface area (Å²) in [4.78, 5) is 25.0. The standard InChI is InChI=1S/C20H24N2O3/c1-13-11-16(21)12-18(14(13)2)20(25)22(3)17-9-7-15(8-10-17)5-4-6-19(23)24/h7-12H,4-6,21H2,1-3H3,(H,23,24). The smallest absolute Gasteiger partial charge is 0.303 e. The molecule has 0 saturated heterocycles. The highest BCUT2D eigenvalue weighted by molar-refractivity contribution is 6.07. The third-order valence-electron chi connectivity index (χ3n) is 4.40. The van der Waals surface area contributed by atoms with Gasteiger partial charge >= 0.3 is 5.97 Å². The molecule has 0 aliphatic heterocycles. The summed E-state index contributed by atoms with van der Waals surface area (Å²) in [6.45, 7) is 3.86. The van der Waals surface area contributed by atoms with E-state index in [0.29, 0.717) is 24.1 Å². The molecule has 0 heterocycles. The summed E-state index contributed by atoms with van der Waals surface area (Å²) in [5.74, 6) is -0.888. The number of benzene rings is 2. The highest BCUT2D eigenvalue weighted by atomic mass is 16.4. The first-order valence-corrected chi connectivity index (χ1v) is 8.25. The van der Waals surface area contributed by atoms with Crippen molar-refractivity contribution in [1.29, 1.82) is 0 Å². The predicted molar refractivity (Wildman–Crippen MR) is 100 cm³/mol. The summed E-state index contributed by atoms with van der Waals surface area (Å²) >= 11 is 0. The molecule has 3 N–H and O–H groups in total. The van der Waals surface area contributed by atoms with E-state index in [1.54, 1.807) is 18.0 Å². The van der Waals surface area contributed by atoms with Crippen molar-refractivity contribution >= 4 is 23.3 Å². The van der Waals surface area contributed by atoms with Gasteiger partial charge in [0, 0.05) is 30.4 Å². The van der Waals surface area contributed by atoms with Gasteiger partial charge in [0.25, 0.3) is 5.91 Å². The molecule has 0 radical (unpaired) electrons. The van der Waals surface area contributed by atoms with Crippen LogP contribution in [0.3, 0.4) is 0 Å². The largest absolute Gasteiger partial charge is 0.481 e. The molecule has 0 atom stereocenters. The fraction of sp³-hybridized carbons (Fsp3) is 0.300. The van der Waals surface area contributed by atoms with Crippen LogP contribution in [0.25, 0.3) is 0 Å². The van der Waals surface area contributed by atoms with Gasteiger partial charge in [-0.2, -0.15) is 0 Å². The van der Waals surface area contributed by atoms with Gasteiger partial charge in [0.1, 0.15) is 0 Å². The van der Waals surface area contributed by atoms with Crippen molar-refractivity contribution < 1.29 is 14.7 Å². The van der Waals surface area contributed by atoms with Gasteiger partial charge in [-0.05, 0) is 67.6 Å². The first-order chi connectivity index (χ1) is 11.8. The van der Waals surface area contributed by atoms with Gasteiger partial charge in [-0.1, -0.05) is 12.1 Å². The molecule has 0 aliphatic carbocycles. The van der Waals surface area contributed by atoms with E-state index in [4.69, 9.17) is 10.8 Å². The fourth-order valence-electron chi connectivity index (χ4n) is 2.74. The summed E-state index contributed by atoms with van der Waals surface area (Å²) in [5, 5.41) is 8.69. The van der Waals surface area contributed by atoms with Crippen LogP contribution < -0.4 is 10.6 Å². The molecule has 1 amide bonds. The van der Waals surface area contributed by atoms with Crippen LogP contribution in [-0.2, 0) is 11.2 Å². The lowest BCUT2D eigenvalue weighted by atomic mass is 10.0. The fourth-order valence-corrected chi connectivity index (χ4v) is 2.74. The maximum absolute atomic E-state index is 12.8. The number of rotatable bonds is 6. The van der Waals surface area contributed by atoms with Crippen LogP contribution in [0.2, 0.25) is 0 Å². The Morgan fingerprint density at radius 3 is 2.36 bits per heavy atom. The lowest BCUT2D eigenvalue weighted by Crippen LogP contribution is -2.27. The molecule has 2 rings (SSSR count). The molecule has 0 aliphatic rings. The number of aryl methyl sites for hydroxylation is 2. The third-order valence-corrected chi connectivity index (χ3v) is 4.40. The number of carbonyl (C=O) groups is 2. The van der Waals surface area contributed by atoms with Gasteiger partial charge in [-0.15, -0.1) is 0 Å². The topological polar surface area (TPSA) is 83.6 Å². The highest BCUT2D eigenvalue weighted by Crippen LogP contribution is 2.22. The molecule has 0 aromatic heterocycles. The Balaban J connectivity index is 2.13. The van der Waals surface area contributed by atoms with Crippen LogP contribution in [0.1, 0.15) is 39.9 Å². The van der Waals surface area contributed by atoms with Crippen LogP contribution in [0.5, 0.6) is 0 Å². The molecule has 0 saturated carbocycles. The first kappa shape index (κ1) is 18.5. The van der Waals surface area contributed by atoms with Crippen molar-refractivity contribution in [2.24, 2.45) is 0 Å². The Morgan fingerprint density at radius 2 is 1.76 bits per heavy atom. The summed E-state index contributed by atoms with van der Waals surface area (Å²) in [7, 11) is 1.74. The Hall–Kier alpha value is -2.82. The van der Waals surface area contributed by atoms with Gasteiger partial charge < -0.3 is 15.7 Å². The van der Waals surface area contributed by atoms with E-state index in [1.807, 2.05) is 44.2 Å². The maximum atomic E-state index is 12.8. The van der Waals surface area contributed by atoms with Gasteiger partial charge in [0.15, 0.2) is 0 Å². The predicted octanol–water partition coefficient (Wildman–Crippen LogP) is 3.57. The number of hydrogen-bond donors (Lipinski definition) is 2. The Bertz CT molecular complexity index is 782. The lowest BCUT2D eigenvalue weighted by Gasteiger charge is -2.20. The van der Waals surface area contributed by atoms with Crippen molar-refractivity contribution in [3.05, 3.63) is 58.7 Å². The minimum Gasteiger partial charge on any atom is -0.481 e. The number of nitrogens with two attached hydrogens (primary N) is 1. The van der Waals surface area contributed by atoms with Crippen molar-refractivity contribution in [2.45, 2.75) is 33.1 Å². The number of amides is 1. The van der Waals surface area contributed by atoms with Crippen LogP contribution in [-0.4, -0.2) is 24.0 Å². The van der Waals surface area contributed by atoms with E-state index >= 15 is 0 Å². The molecule has 0 spiro atoms. The van der Waals surface area contributed by atoms with E-state index in [2.05, 4.69) is 0 Å². The molecule has 0 bridgehead atoms. The molecule has 0 unspecified atom stereocenters. The van der Waals surface area contributed by atoms with Crippen molar-refractivity contribution in [3.8, 4) is 0 Å². The van der Waals surface area contributed by atoms with Crippen LogP contribution in [0, 0.1) is 13.8 Å². The van der Waals surface area contributed by atoms with Crippen molar-refractivity contribution in [3.63, 3.8) is 0 Å². The lowest BCUT2D eigenvalue weighted by molar-refractivity contribution is -0.137. The van der Waals surface area contributed by atoms with Gasteiger partial charge in [-0.3, -0.25) is 9.59 Å². The van der Waals surface area contributed by atoms with Crippen molar-refractivity contribution in [2.75, 3.05) is 17.7 Å². The van der Waals surface area contributed by atoms with E-state index in [0.717, 1.165) is 22.4 Å². The maximum Gasteiger partial charge on any atom is 0.303 e.